The van der Waals surface area contributed by atoms with Gasteiger partial charge in [0.2, 0.25) is 0 Å². The van der Waals surface area contributed by atoms with Gasteiger partial charge in [0.25, 0.3) is 0 Å². The highest BCUT2D eigenvalue weighted by atomic mass is 32.2. The van der Waals surface area contributed by atoms with Gasteiger partial charge in [-0.2, -0.15) is 0 Å². The minimum absolute atomic E-state index is 0.324. The van der Waals surface area contributed by atoms with E-state index in [4.69, 9.17) is 4.99 Å². The molecule has 1 aromatic heterocycles. The fourth-order valence-electron chi connectivity index (χ4n) is 4.92. The first-order valence-electron chi connectivity index (χ1n) is 12.0. The first-order valence-corrected chi connectivity index (χ1v) is 13.7. The number of rotatable bonds is 8. The normalized spacial score (nSPS) is 27.5. The molecule has 180 valence electrons. The van der Waals surface area contributed by atoms with Gasteiger partial charge in [-0.05, 0) is 70.9 Å². The number of aryl methyl sites for hydroxylation is 1. The van der Waals surface area contributed by atoms with Crippen molar-refractivity contribution in [3.8, 4) is 0 Å². The molecular weight excluding hydrogens is 446 g/mol. The molecule has 2 aliphatic rings. The lowest BCUT2D eigenvalue weighted by molar-refractivity contribution is 0.214. The Balaban J connectivity index is 1.76. The third-order valence-electron chi connectivity index (χ3n) is 6.78. The molecule has 0 bridgehead atoms. The fraction of sp³-hybridized carbons (Fsp3) is 0.577. The van der Waals surface area contributed by atoms with E-state index in [-0.39, 0.29) is 0 Å². The second-order valence-corrected chi connectivity index (χ2v) is 11.0. The maximum absolute atomic E-state index is 4.83. The van der Waals surface area contributed by atoms with Crippen molar-refractivity contribution < 1.29 is 0 Å². The van der Waals surface area contributed by atoms with Gasteiger partial charge in [-0.1, -0.05) is 25.2 Å². The highest BCUT2D eigenvalue weighted by molar-refractivity contribution is 8.01. The van der Waals surface area contributed by atoms with E-state index in [0.29, 0.717) is 17.9 Å². The lowest BCUT2D eigenvalue weighted by Crippen LogP contribution is -2.37. The number of thiazole rings is 1. The molecule has 1 aromatic rings. The average Bonchev–Trinajstić information content (AvgIpc) is 3.22. The van der Waals surface area contributed by atoms with Crippen LogP contribution in [0.4, 0.5) is 0 Å². The number of allylic oxidation sites excluding steroid dienone is 2. The van der Waals surface area contributed by atoms with Crippen molar-refractivity contribution in [1.82, 2.24) is 14.2 Å². The van der Waals surface area contributed by atoms with Crippen molar-refractivity contribution in [2.75, 3.05) is 26.7 Å². The van der Waals surface area contributed by atoms with Crippen LogP contribution in [-0.2, 0) is 0 Å². The van der Waals surface area contributed by atoms with Crippen molar-refractivity contribution in [2.24, 2.45) is 21.8 Å². The highest BCUT2D eigenvalue weighted by Gasteiger charge is 2.33. The van der Waals surface area contributed by atoms with E-state index in [2.05, 4.69) is 73.5 Å². The fourth-order valence-corrected chi connectivity index (χ4v) is 6.99. The minimum atomic E-state index is 0.324. The van der Waals surface area contributed by atoms with Crippen LogP contribution in [0.1, 0.15) is 57.5 Å². The van der Waals surface area contributed by atoms with Crippen LogP contribution in [0.2, 0.25) is 0 Å². The van der Waals surface area contributed by atoms with E-state index in [9.17, 15) is 0 Å². The average molecular weight is 486 g/mol. The van der Waals surface area contributed by atoms with Crippen molar-refractivity contribution in [3.63, 3.8) is 0 Å². The van der Waals surface area contributed by atoms with Crippen molar-refractivity contribution >= 4 is 41.0 Å². The van der Waals surface area contributed by atoms with E-state index in [1.54, 1.807) is 17.7 Å². The number of piperidine rings is 1. The Bertz CT molecular complexity index is 934. The van der Waals surface area contributed by atoms with Gasteiger partial charge in [-0.3, -0.25) is 4.99 Å². The maximum atomic E-state index is 4.83. The van der Waals surface area contributed by atoms with Crippen LogP contribution in [0.15, 0.2) is 44.7 Å². The molecule has 0 spiro atoms. The summed E-state index contributed by atoms with van der Waals surface area (Å²) in [5.41, 5.74) is 6.76. The van der Waals surface area contributed by atoms with E-state index in [1.807, 2.05) is 23.5 Å². The van der Waals surface area contributed by atoms with Crippen LogP contribution in [0.3, 0.4) is 0 Å². The SMILES string of the molecule is C=C/C(SN1CCC(C2\C(C)=C/C(C)=N/C=N\C2CC)CC1)=C(/c1scnc1C)N(C)CC. The van der Waals surface area contributed by atoms with Gasteiger partial charge >= 0.3 is 0 Å². The zero-order chi connectivity index (χ0) is 24.0. The van der Waals surface area contributed by atoms with E-state index in [1.165, 1.54) is 33.9 Å². The molecule has 2 atom stereocenters. The Morgan fingerprint density at radius 2 is 2.00 bits per heavy atom. The zero-order valence-corrected chi connectivity index (χ0v) is 22.7. The molecule has 0 aromatic carbocycles. The number of aliphatic imine (C=N–C) groups is 2. The summed E-state index contributed by atoms with van der Waals surface area (Å²) in [4.78, 5) is 18.5. The summed E-state index contributed by atoms with van der Waals surface area (Å²) in [5.74, 6) is 1.16. The summed E-state index contributed by atoms with van der Waals surface area (Å²) < 4.78 is 2.52. The second kappa shape index (κ2) is 12.1. The summed E-state index contributed by atoms with van der Waals surface area (Å²) in [7, 11) is 2.16. The minimum Gasteiger partial charge on any atom is -0.373 e. The molecule has 7 heteroatoms. The lowest BCUT2D eigenvalue weighted by Gasteiger charge is -2.39. The molecule has 0 saturated carbocycles. The molecule has 0 radical (unpaired) electrons. The predicted molar refractivity (Wildman–Crippen MR) is 147 cm³/mol. The summed E-state index contributed by atoms with van der Waals surface area (Å²) in [6.45, 7) is 18.1. The Morgan fingerprint density at radius 1 is 1.27 bits per heavy atom. The first kappa shape index (κ1) is 25.9. The molecular formula is C26H39N5S2. The molecule has 3 heterocycles. The monoisotopic (exact) mass is 485 g/mol. The van der Waals surface area contributed by atoms with E-state index in [0.717, 1.165) is 37.5 Å². The van der Waals surface area contributed by atoms with Gasteiger partial charge in [-0.15, -0.1) is 11.3 Å². The topological polar surface area (TPSA) is 44.1 Å². The zero-order valence-electron chi connectivity index (χ0n) is 21.0. The van der Waals surface area contributed by atoms with Crippen molar-refractivity contribution in [1.29, 1.82) is 0 Å². The molecule has 3 rings (SSSR count). The predicted octanol–water partition coefficient (Wildman–Crippen LogP) is 6.46. The smallest absolute Gasteiger partial charge is 0.110 e. The summed E-state index contributed by atoms with van der Waals surface area (Å²) in [6.07, 6.45) is 9.49. The molecule has 0 N–H and O–H groups in total. The van der Waals surface area contributed by atoms with Crippen LogP contribution >= 0.6 is 23.3 Å². The Hall–Kier alpha value is -1.70. The third-order valence-corrected chi connectivity index (χ3v) is 8.90. The van der Waals surface area contributed by atoms with Crippen LogP contribution in [0, 0.1) is 18.8 Å². The molecule has 0 aliphatic carbocycles. The maximum Gasteiger partial charge on any atom is 0.110 e. The van der Waals surface area contributed by atoms with Gasteiger partial charge in [-0.25, -0.2) is 14.3 Å². The molecule has 1 fully saturated rings. The summed E-state index contributed by atoms with van der Waals surface area (Å²) in [5, 5.41) is 0. The summed E-state index contributed by atoms with van der Waals surface area (Å²) in [6, 6.07) is 0.324. The molecule has 2 unspecified atom stereocenters. The molecule has 1 saturated heterocycles. The lowest BCUT2D eigenvalue weighted by atomic mass is 9.75. The molecule has 2 aliphatic heterocycles. The summed E-state index contributed by atoms with van der Waals surface area (Å²) >= 11 is 3.57. The van der Waals surface area contributed by atoms with Gasteiger partial charge in [0.05, 0.1) is 27.8 Å². The van der Waals surface area contributed by atoms with E-state index < -0.39 is 0 Å². The Labute approximate surface area is 208 Å². The van der Waals surface area contributed by atoms with Gasteiger partial charge in [0.1, 0.15) is 6.34 Å². The third kappa shape index (κ3) is 6.25. The van der Waals surface area contributed by atoms with Gasteiger partial charge in [0.15, 0.2) is 0 Å². The van der Waals surface area contributed by atoms with E-state index >= 15 is 0 Å². The first-order chi connectivity index (χ1) is 15.9. The molecule has 0 amide bonds. The largest absolute Gasteiger partial charge is 0.373 e. The molecule has 33 heavy (non-hydrogen) atoms. The van der Waals surface area contributed by atoms with Crippen molar-refractivity contribution in [2.45, 2.75) is 59.9 Å². The highest BCUT2D eigenvalue weighted by Crippen LogP contribution is 2.40. The van der Waals surface area contributed by atoms with Crippen LogP contribution < -0.4 is 0 Å². The van der Waals surface area contributed by atoms with Gasteiger partial charge in [0, 0.05) is 43.2 Å². The Morgan fingerprint density at radius 3 is 2.58 bits per heavy atom. The van der Waals surface area contributed by atoms with Crippen LogP contribution in [-0.4, -0.2) is 59.0 Å². The van der Waals surface area contributed by atoms with Gasteiger partial charge < -0.3 is 4.90 Å². The number of hydrogen-bond acceptors (Lipinski definition) is 7. The number of hydrogen-bond donors (Lipinski definition) is 0. The second-order valence-electron chi connectivity index (χ2n) is 8.98. The quantitative estimate of drug-likeness (QED) is 0.313. The number of nitrogens with zero attached hydrogens (tertiary/aromatic N) is 5. The van der Waals surface area contributed by atoms with Crippen molar-refractivity contribution in [3.05, 3.63) is 45.3 Å². The van der Waals surface area contributed by atoms with Crippen LogP contribution in [0.25, 0.3) is 5.70 Å². The molecule has 5 nitrogen and oxygen atoms in total. The van der Waals surface area contributed by atoms with Crippen LogP contribution in [0.5, 0.6) is 0 Å². The Kier molecular flexibility index (Phi) is 9.53. The number of aromatic nitrogens is 1. The standard InChI is InChI=1S/C26H39N5S2/c1-8-22-24(18(4)15-19(5)27-16-28-22)21-11-13-31(14-12-21)33-23(9-2)25(30(7)10-3)26-20(6)29-17-32-26/h9,15-17,21-22,24H,2,8,10-14H2,1,3-7H3/b18-15-,25-23+,27-19+,28-16-.